The van der Waals surface area contributed by atoms with Crippen LogP contribution in [0.2, 0.25) is 0 Å². The van der Waals surface area contributed by atoms with Crippen molar-refractivity contribution in [3.8, 4) is 0 Å². The molecule has 2 N–H and O–H groups in total. The second-order valence-corrected chi connectivity index (χ2v) is 6.77. The van der Waals surface area contributed by atoms with E-state index in [-0.39, 0.29) is 16.8 Å². The Morgan fingerprint density at radius 2 is 1.68 bits per heavy atom. The Labute approximate surface area is 114 Å². The van der Waals surface area contributed by atoms with Gasteiger partial charge in [0.05, 0.1) is 17.0 Å². The fourth-order valence-electron chi connectivity index (χ4n) is 1.73. The summed E-state index contributed by atoms with van der Waals surface area (Å²) < 4.78 is 22.7. The first-order valence-electron chi connectivity index (χ1n) is 5.97. The molecule has 1 amide bonds. The highest BCUT2D eigenvalue weighted by Crippen LogP contribution is 2.21. The van der Waals surface area contributed by atoms with Gasteiger partial charge in [-0.3, -0.25) is 4.79 Å². The van der Waals surface area contributed by atoms with Gasteiger partial charge in [-0.2, -0.15) is 0 Å². The number of nitrogens with zero attached hydrogens (tertiary/aromatic N) is 1. The predicted octanol–water partition coefficient (Wildman–Crippen LogP) is 0.957. The van der Waals surface area contributed by atoms with Gasteiger partial charge < -0.3 is 10.6 Å². The molecule has 0 bridgehead atoms. The summed E-state index contributed by atoms with van der Waals surface area (Å²) in [6, 6.07) is 5.81. The monoisotopic (exact) mass is 284 g/mol. The van der Waals surface area contributed by atoms with Crippen LogP contribution in [0.5, 0.6) is 0 Å². The lowest BCUT2D eigenvalue weighted by atomic mass is 10.1. The van der Waals surface area contributed by atoms with Gasteiger partial charge in [0.15, 0.2) is 9.84 Å². The Bertz CT molecular complexity index is 550. The minimum atomic E-state index is -3.20. The molecule has 0 spiro atoms. The summed E-state index contributed by atoms with van der Waals surface area (Å²) in [7, 11) is -1.51. The first kappa shape index (κ1) is 15.7. The molecule has 0 saturated heterocycles. The standard InChI is InChI=1S/C13H20N2O3S/c1-9(14)13(16)15(3)10(2)11-5-7-12(8-6-11)19(4,17)18/h5-10H,14H2,1-4H3/t9-,10?/m0/s1. The van der Waals surface area contributed by atoms with Crippen LogP contribution < -0.4 is 5.73 Å². The zero-order valence-electron chi connectivity index (χ0n) is 11.6. The summed E-state index contributed by atoms with van der Waals surface area (Å²) >= 11 is 0. The number of nitrogens with two attached hydrogens (primary N) is 1. The van der Waals surface area contributed by atoms with E-state index in [1.165, 1.54) is 0 Å². The summed E-state index contributed by atoms with van der Waals surface area (Å²) in [5.41, 5.74) is 6.43. The summed E-state index contributed by atoms with van der Waals surface area (Å²) in [5.74, 6) is -0.153. The van der Waals surface area contributed by atoms with E-state index >= 15 is 0 Å². The number of hydrogen-bond acceptors (Lipinski definition) is 4. The van der Waals surface area contributed by atoms with Crippen molar-refractivity contribution >= 4 is 15.7 Å². The number of rotatable bonds is 4. The van der Waals surface area contributed by atoms with Crippen LogP contribution in [0, 0.1) is 0 Å². The van der Waals surface area contributed by atoms with E-state index in [2.05, 4.69) is 0 Å². The van der Waals surface area contributed by atoms with E-state index in [0.717, 1.165) is 11.8 Å². The van der Waals surface area contributed by atoms with Gasteiger partial charge in [0.1, 0.15) is 0 Å². The van der Waals surface area contributed by atoms with Crippen molar-refractivity contribution in [3.63, 3.8) is 0 Å². The average Bonchev–Trinajstić information content (AvgIpc) is 2.35. The highest BCUT2D eigenvalue weighted by Gasteiger charge is 2.20. The van der Waals surface area contributed by atoms with Gasteiger partial charge in [0, 0.05) is 13.3 Å². The molecule has 1 aromatic rings. The third-order valence-electron chi connectivity index (χ3n) is 3.11. The highest BCUT2D eigenvalue weighted by atomic mass is 32.2. The van der Waals surface area contributed by atoms with Crippen molar-refractivity contribution in [2.45, 2.75) is 30.8 Å². The number of carbonyl (C=O) groups excluding carboxylic acids is 1. The number of benzene rings is 1. The van der Waals surface area contributed by atoms with Gasteiger partial charge >= 0.3 is 0 Å². The van der Waals surface area contributed by atoms with Crippen LogP contribution in [0.4, 0.5) is 0 Å². The Kier molecular flexibility index (Phi) is 4.70. The Balaban J connectivity index is 2.96. The minimum Gasteiger partial charge on any atom is -0.338 e. The van der Waals surface area contributed by atoms with Crippen molar-refractivity contribution in [3.05, 3.63) is 29.8 Å². The summed E-state index contributed by atoms with van der Waals surface area (Å²) in [5, 5.41) is 0. The molecule has 0 saturated carbocycles. The Hall–Kier alpha value is -1.40. The minimum absolute atomic E-state index is 0.153. The zero-order chi connectivity index (χ0) is 14.8. The summed E-state index contributed by atoms with van der Waals surface area (Å²) in [4.78, 5) is 13.6. The second-order valence-electron chi connectivity index (χ2n) is 4.75. The van der Waals surface area contributed by atoms with Crippen molar-refractivity contribution in [2.75, 3.05) is 13.3 Å². The van der Waals surface area contributed by atoms with E-state index in [0.29, 0.717) is 0 Å². The van der Waals surface area contributed by atoms with E-state index in [9.17, 15) is 13.2 Å². The van der Waals surface area contributed by atoms with E-state index in [4.69, 9.17) is 5.73 Å². The average molecular weight is 284 g/mol. The normalized spacial score (nSPS) is 14.8. The molecule has 0 fully saturated rings. The maximum Gasteiger partial charge on any atom is 0.239 e. The zero-order valence-corrected chi connectivity index (χ0v) is 12.4. The topological polar surface area (TPSA) is 80.5 Å². The van der Waals surface area contributed by atoms with Crippen molar-refractivity contribution in [1.82, 2.24) is 4.90 Å². The lowest BCUT2D eigenvalue weighted by molar-refractivity contribution is -0.132. The Morgan fingerprint density at radius 3 is 2.05 bits per heavy atom. The highest BCUT2D eigenvalue weighted by molar-refractivity contribution is 7.90. The van der Waals surface area contributed by atoms with Crippen LogP contribution in [-0.2, 0) is 14.6 Å². The van der Waals surface area contributed by atoms with Crippen LogP contribution in [-0.4, -0.2) is 38.6 Å². The lowest BCUT2D eigenvalue weighted by Crippen LogP contribution is -2.40. The fourth-order valence-corrected chi connectivity index (χ4v) is 2.36. The molecule has 0 heterocycles. The third-order valence-corrected chi connectivity index (χ3v) is 4.24. The SMILES string of the molecule is CC(c1ccc(S(C)(=O)=O)cc1)N(C)C(=O)[C@H](C)N. The van der Waals surface area contributed by atoms with Crippen molar-refractivity contribution in [2.24, 2.45) is 5.73 Å². The maximum atomic E-state index is 11.8. The van der Waals surface area contributed by atoms with Crippen LogP contribution >= 0.6 is 0 Å². The van der Waals surface area contributed by atoms with Gasteiger partial charge in [-0.1, -0.05) is 12.1 Å². The number of sulfone groups is 1. The summed E-state index contributed by atoms with van der Waals surface area (Å²) in [6.45, 7) is 3.51. The molecule has 0 aliphatic carbocycles. The molecule has 5 nitrogen and oxygen atoms in total. The lowest BCUT2D eigenvalue weighted by Gasteiger charge is -2.27. The number of carbonyl (C=O) groups is 1. The first-order valence-corrected chi connectivity index (χ1v) is 7.86. The first-order chi connectivity index (χ1) is 8.64. The van der Waals surface area contributed by atoms with E-state index < -0.39 is 15.9 Å². The molecule has 106 valence electrons. The molecule has 1 aromatic carbocycles. The van der Waals surface area contributed by atoms with E-state index in [1.54, 1.807) is 43.1 Å². The van der Waals surface area contributed by atoms with Gasteiger partial charge in [-0.05, 0) is 31.5 Å². The van der Waals surface area contributed by atoms with Gasteiger partial charge in [-0.15, -0.1) is 0 Å². The molecule has 0 radical (unpaired) electrons. The number of likely N-dealkylation sites (N-methyl/N-ethyl adjacent to an activating group) is 1. The van der Waals surface area contributed by atoms with Gasteiger partial charge in [-0.25, -0.2) is 8.42 Å². The number of amides is 1. The smallest absolute Gasteiger partial charge is 0.239 e. The third kappa shape index (κ3) is 3.78. The molecule has 0 aliphatic heterocycles. The molecule has 1 unspecified atom stereocenters. The fraction of sp³-hybridized carbons (Fsp3) is 0.462. The van der Waals surface area contributed by atoms with E-state index in [1.807, 2.05) is 6.92 Å². The Morgan fingerprint density at radius 1 is 1.21 bits per heavy atom. The molecule has 0 aliphatic rings. The van der Waals surface area contributed by atoms with Crippen molar-refractivity contribution < 1.29 is 13.2 Å². The molecule has 6 heteroatoms. The largest absolute Gasteiger partial charge is 0.338 e. The second kappa shape index (κ2) is 5.71. The van der Waals surface area contributed by atoms with Crippen LogP contribution in [0.15, 0.2) is 29.2 Å². The van der Waals surface area contributed by atoms with Gasteiger partial charge in [0.25, 0.3) is 0 Å². The molecule has 1 rings (SSSR count). The number of hydrogen-bond donors (Lipinski definition) is 1. The van der Waals surface area contributed by atoms with Crippen molar-refractivity contribution in [1.29, 1.82) is 0 Å². The van der Waals surface area contributed by atoms with Crippen LogP contribution in [0.3, 0.4) is 0 Å². The maximum absolute atomic E-state index is 11.8. The van der Waals surface area contributed by atoms with Gasteiger partial charge in [0.2, 0.25) is 5.91 Å². The predicted molar refractivity (Wildman–Crippen MR) is 74.4 cm³/mol. The molecule has 2 atom stereocenters. The molecular weight excluding hydrogens is 264 g/mol. The molecule has 0 aromatic heterocycles. The summed E-state index contributed by atoms with van der Waals surface area (Å²) in [6.07, 6.45) is 1.16. The molecular formula is C13H20N2O3S. The van der Waals surface area contributed by atoms with Crippen LogP contribution in [0.1, 0.15) is 25.5 Å². The van der Waals surface area contributed by atoms with Crippen LogP contribution in [0.25, 0.3) is 0 Å². The molecule has 19 heavy (non-hydrogen) atoms. The quantitative estimate of drug-likeness (QED) is 0.893.